The highest BCUT2D eigenvalue weighted by atomic mass is 32.2. The van der Waals surface area contributed by atoms with Gasteiger partial charge in [0.2, 0.25) is 10.0 Å². The predicted molar refractivity (Wildman–Crippen MR) is 106 cm³/mol. The molecule has 8 heteroatoms. The van der Waals surface area contributed by atoms with Crippen molar-refractivity contribution in [3.05, 3.63) is 45.8 Å². The van der Waals surface area contributed by atoms with Crippen molar-refractivity contribution >= 4 is 16.0 Å². The summed E-state index contributed by atoms with van der Waals surface area (Å²) in [5, 5.41) is 3.62. The van der Waals surface area contributed by atoms with E-state index in [1.165, 1.54) is 19.4 Å². The minimum Gasteiger partial charge on any atom is -0.460 e. The molecule has 1 N–H and O–H groups in total. The van der Waals surface area contributed by atoms with Gasteiger partial charge in [0.15, 0.2) is 5.76 Å². The summed E-state index contributed by atoms with van der Waals surface area (Å²) in [5.74, 6) is -0.488. The fourth-order valence-electron chi connectivity index (χ4n) is 2.94. The lowest BCUT2D eigenvalue weighted by atomic mass is 9.84. The third-order valence-corrected chi connectivity index (χ3v) is 6.23. The average Bonchev–Trinajstić information content (AvgIpc) is 2.90. The molecule has 0 amide bonds. The van der Waals surface area contributed by atoms with Crippen molar-refractivity contribution in [3.8, 4) is 0 Å². The Balaban J connectivity index is 2.02. The minimum atomic E-state index is -3.90. The third-order valence-electron chi connectivity index (χ3n) is 4.58. The van der Waals surface area contributed by atoms with Gasteiger partial charge in [-0.05, 0) is 55.4 Å². The number of rotatable bonds is 6. The van der Waals surface area contributed by atoms with E-state index >= 15 is 0 Å². The normalized spacial score (nSPS) is 12.2. The zero-order valence-electron chi connectivity index (χ0n) is 17.5. The van der Waals surface area contributed by atoms with E-state index in [9.17, 15) is 13.2 Å². The highest BCUT2D eigenvalue weighted by molar-refractivity contribution is 7.89. The van der Waals surface area contributed by atoms with Crippen LogP contribution in [0, 0.1) is 27.7 Å². The van der Waals surface area contributed by atoms with Crippen LogP contribution in [0.1, 0.15) is 54.5 Å². The highest BCUT2D eigenvalue weighted by Crippen LogP contribution is 2.27. The minimum absolute atomic E-state index is 0.0290. The largest absolute Gasteiger partial charge is 0.460 e. The number of esters is 1. The van der Waals surface area contributed by atoms with Crippen molar-refractivity contribution in [2.24, 2.45) is 0 Å². The Hall–Kier alpha value is -2.19. The Morgan fingerprint density at radius 2 is 1.71 bits per heavy atom. The van der Waals surface area contributed by atoms with Gasteiger partial charge in [-0.1, -0.05) is 38.1 Å². The number of nitrogens with one attached hydrogen (secondary N) is 1. The lowest BCUT2D eigenvalue weighted by Gasteiger charge is -2.22. The molecule has 0 aliphatic carbocycles. The number of ether oxygens (including phenoxy) is 1. The van der Waals surface area contributed by atoms with E-state index in [1.807, 2.05) is 13.8 Å². The van der Waals surface area contributed by atoms with Gasteiger partial charge in [0, 0.05) is 0 Å². The molecule has 0 unspecified atom stereocenters. The standard InChI is InChI=1S/C20H28N2O5S/c1-12-8-16(20(5,6)7)9-13(2)17(12)11-26-18(23)10-21-28(24,25)19-14(3)22-27-15(19)4/h8-9,21H,10-11H2,1-7H3. The number of benzene rings is 1. The molecule has 0 aliphatic rings. The van der Waals surface area contributed by atoms with Crippen molar-refractivity contribution in [1.29, 1.82) is 0 Å². The molecule has 0 spiro atoms. The van der Waals surface area contributed by atoms with Crippen LogP contribution in [0.3, 0.4) is 0 Å². The van der Waals surface area contributed by atoms with Crippen molar-refractivity contribution in [2.75, 3.05) is 6.54 Å². The summed E-state index contributed by atoms with van der Waals surface area (Å²) < 4.78 is 37.1. The van der Waals surface area contributed by atoms with Crippen LogP contribution in [0.5, 0.6) is 0 Å². The second-order valence-corrected chi connectivity index (χ2v) is 9.68. The number of carbonyl (C=O) groups is 1. The predicted octanol–water partition coefficient (Wildman–Crippen LogP) is 3.23. The topological polar surface area (TPSA) is 98.5 Å². The van der Waals surface area contributed by atoms with Crippen molar-refractivity contribution in [1.82, 2.24) is 9.88 Å². The van der Waals surface area contributed by atoms with Crippen LogP contribution in [-0.2, 0) is 31.6 Å². The molecule has 0 aliphatic heterocycles. The fourth-order valence-corrected chi connectivity index (χ4v) is 4.24. The molecule has 1 aromatic carbocycles. The van der Waals surface area contributed by atoms with Gasteiger partial charge in [-0.2, -0.15) is 4.72 Å². The molecule has 154 valence electrons. The maximum absolute atomic E-state index is 12.3. The number of hydrogen-bond donors (Lipinski definition) is 1. The summed E-state index contributed by atoms with van der Waals surface area (Å²) in [7, 11) is -3.90. The number of carbonyl (C=O) groups excluding carboxylic acids is 1. The Morgan fingerprint density at radius 3 is 2.18 bits per heavy atom. The number of aromatic nitrogens is 1. The van der Waals surface area contributed by atoms with Gasteiger partial charge in [0.1, 0.15) is 23.7 Å². The van der Waals surface area contributed by atoms with E-state index in [0.717, 1.165) is 16.7 Å². The van der Waals surface area contributed by atoms with E-state index in [1.54, 1.807) is 0 Å². The summed E-state index contributed by atoms with van der Waals surface area (Å²) in [6.45, 7) is 13.0. The molecule has 1 heterocycles. The fraction of sp³-hybridized carbons (Fsp3) is 0.500. The maximum Gasteiger partial charge on any atom is 0.321 e. The first-order chi connectivity index (χ1) is 12.8. The first kappa shape index (κ1) is 22.1. The van der Waals surface area contributed by atoms with Crippen LogP contribution in [0.25, 0.3) is 0 Å². The molecular weight excluding hydrogens is 380 g/mol. The molecule has 0 atom stereocenters. The molecule has 7 nitrogen and oxygen atoms in total. The van der Waals surface area contributed by atoms with E-state index in [2.05, 4.69) is 42.8 Å². The lowest BCUT2D eigenvalue weighted by molar-refractivity contribution is -0.143. The van der Waals surface area contributed by atoms with Crippen molar-refractivity contribution < 1.29 is 22.5 Å². The zero-order valence-corrected chi connectivity index (χ0v) is 18.3. The van der Waals surface area contributed by atoms with Crippen molar-refractivity contribution in [3.63, 3.8) is 0 Å². The second kappa shape index (κ2) is 8.05. The summed E-state index contributed by atoms with van der Waals surface area (Å²) in [5.41, 5.74) is 4.48. The van der Waals surface area contributed by atoms with Gasteiger partial charge in [-0.25, -0.2) is 8.42 Å². The van der Waals surface area contributed by atoms with Crippen LogP contribution in [0.2, 0.25) is 0 Å². The number of sulfonamides is 1. The average molecular weight is 409 g/mol. The van der Waals surface area contributed by atoms with Gasteiger partial charge in [0.25, 0.3) is 0 Å². The quantitative estimate of drug-likeness (QED) is 0.737. The molecule has 0 saturated heterocycles. The van der Waals surface area contributed by atoms with E-state index in [0.29, 0.717) is 0 Å². The van der Waals surface area contributed by atoms with Crippen LogP contribution >= 0.6 is 0 Å². The van der Waals surface area contributed by atoms with Gasteiger partial charge >= 0.3 is 5.97 Å². The van der Waals surface area contributed by atoms with E-state index in [4.69, 9.17) is 9.26 Å². The van der Waals surface area contributed by atoms with Crippen LogP contribution < -0.4 is 4.72 Å². The first-order valence-electron chi connectivity index (χ1n) is 9.01. The van der Waals surface area contributed by atoms with Crippen LogP contribution in [0.4, 0.5) is 0 Å². The van der Waals surface area contributed by atoms with Gasteiger partial charge < -0.3 is 9.26 Å². The lowest BCUT2D eigenvalue weighted by Crippen LogP contribution is -2.31. The smallest absolute Gasteiger partial charge is 0.321 e. The number of aryl methyl sites for hydroxylation is 4. The zero-order chi connectivity index (χ0) is 21.3. The molecule has 0 radical (unpaired) electrons. The van der Waals surface area contributed by atoms with Crippen LogP contribution in [0.15, 0.2) is 21.6 Å². The third kappa shape index (κ3) is 4.99. The summed E-state index contributed by atoms with van der Waals surface area (Å²) >= 11 is 0. The maximum atomic E-state index is 12.3. The van der Waals surface area contributed by atoms with Crippen molar-refractivity contribution in [2.45, 2.75) is 65.4 Å². The van der Waals surface area contributed by atoms with E-state index in [-0.39, 0.29) is 28.4 Å². The molecule has 0 saturated carbocycles. The molecule has 2 rings (SSSR count). The molecule has 0 fully saturated rings. The van der Waals surface area contributed by atoms with Crippen LogP contribution in [-0.4, -0.2) is 26.1 Å². The Kier molecular flexibility index (Phi) is 6.35. The monoisotopic (exact) mass is 408 g/mol. The number of nitrogens with zero attached hydrogens (tertiary/aromatic N) is 1. The molecule has 28 heavy (non-hydrogen) atoms. The first-order valence-corrected chi connectivity index (χ1v) is 10.5. The molecule has 1 aromatic heterocycles. The summed E-state index contributed by atoms with van der Waals surface area (Å²) in [4.78, 5) is 12.0. The molecule has 0 bridgehead atoms. The molecular formula is C20H28N2O5S. The second-order valence-electron chi connectivity index (χ2n) is 7.98. The van der Waals surface area contributed by atoms with Gasteiger partial charge in [-0.15, -0.1) is 0 Å². The van der Waals surface area contributed by atoms with Gasteiger partial charge in [0.05, 0.1) is 0 Å². The summed E-state index contributed by atoms with van der Waals surface area (Å²) in [6.07, 6.45) is 0. The SMILES string of the molecule is Cc1cc(C(C)(C)C)cc(C)c1COC(=O)CNS(=O)(=O)c1c(C)noc1C. The Morgan fingerprint density at radius 1 is 1.14 bits per heavy atom. The van der Waals surface area contributed by atoms with Gasteiger partial charge in [-0.3, -0.25) is 4.79 Å². The van der Waals surface area contributed by atoms with E-state index < -0.39 is 22.5 Å². The molecule has 2 aromatic rings. The summed E-state index contributed by atoms with van der Waals surface area (Å²) in [6, 6.07) is 4.19. The Bertz CT molecular complexity index is 942. The highest BCUT2D eigenvalue weighted by Gasteiger charge is 2.25. The number of hydrogen-bond acceptors (Lipinski definition) is 6. The Labute approximate surface area is 166 Å².